The number of nitrogens with zero attached hydrogens (tertiary/aromatic N) is 2. The maximum atomic E-state index is 9.16. The van der Waals surface area contributed by atoms with E-state index < -0.39 is 0 Å². The highest BCUT2D eigenvalue weighted by Gasteiger charge is 2.45. The highest BCUT2D eigenvalue weighted by atomic mass is 35.5. The zero-order valence-electron chi connectivity index (χ0n) is 10.0. The zero-order chi connectivity index (χ0) is 13.5. The van der Waals surface area contributed by atoms with Crippen LogP contribution in [0.4, 0.5) is 0 Å². The number of halogens is 2. The van der Waals surface area contributed by atoms with Gasteiger partial charge in [0.1, 0.15) is 0 Å². The van der Waals surface area contributed by atoms with Crippen LogP contribution in [0.5, 0.6) is 0 Å². The third kappa shape index (κ3) is 2.10. The Bertz CT molecular complexity index is 668. The summed E-state index contributed by atoms with van der Waals surface area (Å²) >= 11 is 12.2. The van der Waals surface area contributed by atoms with Crippen LogP contribution >= 0.6 is 23.2 Å². The van der Waals surface area contributed by atoms with Crippen LogP contribution in [0.15, 0.2) is 36.5 Å². The molecule has 19 heavy (non-hydrogen) atoms. The topological polar surface area (TPSA) is 36.7 Å². The molecule has 1 aromatic carbocycles. The van der Waals surface area contributed by atoms with Crippen molar-refractivity contribution in [3.05, 3.63) is 52.1 Å². The average molecular weight is 289 g/mol. The largest absolute Gasteiger partial charge is 0.256 e. The number of aromatic nitrogens is 1. The van der Waals surface area contributed by atoms with Crippen molar-refractivity contribution in [2.45, 2.75) is 18.3 Å². The third-order valence-electron chi connectivity index (χ3n) is 3.51. The van der Waals surface area contributed by atoms with E-state index in [2.05, 4.69) is 11.1 Å². The minimum Gasteiger partial charge on any atom is -0.256 e. The fourth-order valence-corrected chi connectivity index (χ4v) is 2.53. The second kappa shape index (κ2) is 4.52. The molecule has 0 saturated heterocycles. The van der Waals surface area contributed by atoms with Gasteiger partial charge in [-0.3, -0.25) is 4.98 Å². The van der Waals surface area contributed by atoms with Crippen LogP contribution in [0, 0.1) is 11.3 Å². The molecule has 0 N–H and O–H groups in total. The summed E-state index contributed by atoms with van der Waals surface area (Å²) in [6.45, 7) is 0. The standard InChI is InChI=1S/C15H10Cl2N2/c16-12-3-1-2-11(14(12)17)13-5-4-10(8-19-13)15(9-18)6-7-15/h1-5,8H,6-7H2. The molecule has 0 amide bonds. The van der Waals surface area contributed by atoms with Crippen LogP contribution in [0.2, 0.25) is 10.0 Å². The van der Waals surface area contributed by atoms with Gasteiger partial charge in [-0.1, -0.05) is 41.4 Å². The molecular weight excluding hydrogens is 279 g/mol. The molecule has 1 aliphatic rings. The molecule has 0 spiro atoms. The van der Waals surface area contributed by atoms with Gasteiger partial charge in [-0.2, -0.15) is 5.26 Å². The Morgan fingerprint density at radius 3 is 2.53 bits per heavy atom. The van der Waals surface area contributed by atoms with Crippen molar-refractivity contribution >= 4 is 23.2 Å². The van der Waals surface area contributed by atoms with Crippen LogP contribution in [0.1, 0.15) is 18.4 Å². The van der Waals surface area contributed by atoms with E-state index in [1.54, 1.807) is 12.3 Å². The van der Waals surface area contributed by atoms with Crippen LogP contribution in [-0.2, 0) is 5.41 Å². The smallest absolute Gasteiger partial charge is 0.0838 e. The third-order valence-corrected chi connectivity index (χ3v) is 4.33. The Morgan fingerprint density at radius 1 is 1.16 bits per heavy atom. The van der Waals surface area contributed by atoms with Crippen molar-refractivity contribution in [2.75, 3.05) is 0 Å². The summed E-state index contributed by atoms with van der Waals surface area (Å²) in [5.41, 5.74) is 2.26. The number of hydrogen-bond donors (Lipinski definition) is 0. The van der Waals surface area contributed by atoms with Gasteiger partial charge < -0.3 is 0 Å². The van der Waals surface area contributed by atoms with Gasteiger partial charge in [-0.05, 0) is 30.5 Å². The Morgan fingerprint density at radius 2 is 1.95 bits per heavy atom. The molecule has 0 unspecified atom stereocenters. The molecule has 1 aliphatic carbocycles. The maximum absolute atomic E-state index is 9.16. The Balaban J connectivity index is 2.00. The van der Waals surface area contributed by atoms with Crippen molar-refractivity contribution in [3.63, 3.8) is 0 Å². The first-order chi connectivity index (χ1) is 9.16. The first-order valence-electron chi connectivity index (χ1n) is 5.98. The van der Waals surface area contributed by atoms with E-state index in [9.17, 15) is 0 Å². The van der Waals surface area contributed by atoms with E-state index in [4.69, 9.17) is 28.5 Å². The maximum Gasteiger partial charge on any atom is 0.0838 e. The molecule has 1 fully saturated rings. The molecule has 94 valence electrons. The summed E-state index contributed by atoms with van der Waals surface area (Å²) in [5, 5.41) is 10.2. The lowest BCUT2D eigenvalue weighted by atomic mass is 9.99. The van der Waals surface area contributed by atoms with Gasteiger partial charge in [0, 0.05) is 11.8 Å². The molecule has 0 aliphatic heterocycles. The monoisotopic (exact) mass is 288 g/mol. The van der Waals surface area contributed by atoms with Crippen molar-refractivity contribution in [1.82, 2.24) is 4.98 Å². The van der Waals surface area contributed by atoms with E-state index in [0.29, 0.717) is 10.0 Å². The molecule has 1 heterocycles. The summed E-state index contributed by atoms with van der Waals surface area (Å²) in [6.07, 6.45) is 3.60. The average Bonchev–Trinajstić information content (AvgIpc) is 3.23. The second-order valence-electron chi connectivity index (χ2n) is 4.73. The molecule has 0 atom stereocenters. The first kappa shape index (κ1) is 12.5. The van der Waals surface area contributed by atoms with E-state index in [-0.39, 0.29) is 5.41 Å². The number of pyridine rings is 1. The normalized spacial score (nSPS) is 15.8. The Labute approximate surface area is 121 Å². The summed E-state index contributed by atoms with van der Waals surface area (Å²) in [6, 6.07) is 11.7. The molecule has 2 aromatic rings. The zero-order valence-corrected chi connectivity index (χ0v) is 11.5. The number of nitriles is 1. The predicted octanol–water partition coefficient (Wildman–Crippen LogP) is 4.61. The minimum absolute atomic E-state index is 0.302. The highest BCUT2D eigenvalue weighted by molar-refractivity contribution is 6.43. The minimum atomic E-state index is -0.302. The molecule has 1 saturated carbocycles. The molecule has 3 rings (SSSR count). The predicted molar refractivity (Wildman–Crippen MR) is 76.2 cm³/mol. The molecule has 0 radical (unpaired) electrons. The van der Waals surface area contributed by atoms with Gasteiger partial charge in [-0.25, -0.2) is 0 Å². The fraction of sp³-hybridized carbons (Fsp3) is 0.200. The van der Waals surface area contributed by atoms with E-state index in [1.165, 1.54) is 0 Å². The lowest BCUT2D eigenvalue weighted by molar-refractivity contribution is 0.898. The first-order valence-corrected chi connectivity index (χ1v) is 6.74. The lowest BCUT2D eigenvalue weighted by Crippen LogP contribution is -2.03. The van der Waals surface area contributed by atoms with E-state index in [0.717, 1.165) is 29.7 Å². The summed E-state index contributed by atoms with van der Waals surface area (Å²) in [7, 11) is 0. The summed E-state index contributed by atoms with van der Waals surface area (Å²) in [5.74, 6) is 0. The highest BCUT2D eigenvalue weighted by Crippen LogP contribution is 2.47. The van der Waals surface area contributed by atoms with Crippen molar-refractivity contribution in [2.24, 2.45) is 0 Å². The van der Waals surface area contributed by atoms with Gasteiger partial charge in [0.05, 0.1) is 27.2 Å². The van der Waals surface area contributed by atoms with Gasteiger partial charge in [0.2, 0.25) is 0 Å². The van der Waals surface area contributed by atoms with Crippen LogP contribution in [-0.4, -0.2) is 4.98 Å². The molecule has 1 aromatic heterocycles. The Kier molecular flexibility index (Phi) is 2.97. The molecule has 0 bridgehead atoms. The molecule has 4 heteroatoms. The molecular formula is C15H10Cl2N2. The van der Waals surface area contributed by atoms with Crippen molar-refractivity contribution in [3.8, 4) is 17.3 Å². The quantitative estimate of drug-likeness (QED) is 0.809. The summed E-state index contributed by atoms with van der Waals surface area (Å²) < 4.78 is 0. The second-order valence-corrected chi connectivity index (χ2v) is 5.51. The number of hydrogen-bond acceptors (Lipinski definition) is 2. The number of rotatable bonds is 2. The summed E-state index contributed by atoms with van der Waals surface area (Å²) in [4.78, 5) is 4.41. The SMILES string of the molecule is N#CC1(c2ccc(-c3cccc(Cl)c3Cl)nc2)CC1. The Hall–Kier alpha value is -1.56. The van der Waals surface area contributed by atoms with Crippen LogP contribution < -0.4 is 0 Å². The fourth-order valence-electron chi connectivity index (χ4n) is 2.13. The lowest BCUT2D eigenvalue weighted by Gasteiger charge is -2.08. The van der Waals surface area contributed by atoms with Gasteiger partial charge in [-0.15, -0.1) is 0 Å². The molecule has 2 nitrogen and oxygen atoms in total. The van der Waals surface area contributed by atoms with Crippen LogP contribution in [0.25, 0.3) is 11.3 Å². The van der Waals surface area contributed by atoms with Gasteiger partial charge in [0.15, 0.2) is 0 Å². The van der Waals surface area contributed by atoms with Gasteiger partial charge >= 0.3 is 0 Å². The van der Waals surface area contributed by atoms with E-state index in [1.807, 2.05) is 24.3 Å². The van der Waals surface area contributed by atoms with Crippen LogP contribution in [0.3, 0.4) is 0 Å². The van der Waals surface area contributed by atoms with E-state index >= 15 is 0 Å². The van der Waals surface area contributed by atoms with Crippen molar-refractivity contribution < 1.29 is 0 Å². The number of benzene rings is 1. The van der Waals surface area contributed by atoms with Gasteiger partial charge in [0.25, 0.3) is 0 Å². The van der Waals surface area contributed by atoms with Crippen molar-refractivity contribution in [1.29, 1.82) is 5.26 Å².